The number of anilines is 2. The molecule has 0 heterocycles. The van der Waals surface area contributed by atoms with E-state index >= 15 is 0 Å². The molecule has 2 N–H and O–H groups in total. The first kappa shape index (κ1) is 17.0. The van der Waals surface area contributed by atoms with Crippen molar-refractivity contribution in [2.45, 2.75) is 18.7 Å². The predicted octanol–water partition coefficient (Wildman–Crippen LogP) is 3.82. The zero-order chi connectivity index (χ0) is 16.8. The van der Waals surface area contributed by atoms with Crippen LogP contribution in [0.3, 0.4) is 0 Å². The predicted molar refractivity (Wildman–Crippen MR) is 91.2 cm³/mol. The summed E-state index contributed by atoms with van der Waals surface area (Å²) in [5, 5.41) is 5.08. The van der Waals surface area contributed by atoms with Crippen LogP contribution in [0.1, 0.15) is 12.5 Å². The highest BCUT2D eigenvalue weighted by Crippen LogP contribution is 2.23. The molecule has 0 bridgehead atoms. The second kappa shape index (κ2) is 7.78. The molecule has 6 heteroatoms. The van der Waals surface area contributed by atoms with Crippen LogP contribution in [0, 0.1) is 12.7 Å². The van der Waals surface area contributed by atoms with Gasteiger partial charge < -0.3 is 10.6 Å². The fourth-order valence-corrected chi connectivity index (χ4v) is 2.78. The molecule has 0 aliphatic rings. The van der Waals surface area contributed by atoms with Crippen molar-refractivity contribution in [3.8, 4) is 0 Å². The summed E-state index contributed by atoms with van der Waals surface area (Å²) in [6, 6.07) is 11.8. The molecular formula is C17H17FN2O2S. The van der Waals surface area contributed by atoms with E-state index in [2.05, 4.69) is 10.6 Å². The van der Waals surface area contributed by atoms with Crippen molar-refractivity contribution in [2.24, 2.45) is 0 Å². The lowest BCUT2D eigenvalue weighted by molar-refractivity contribution is -0.114. The van der Waals surface area contributed by atoms with E-state index in [1.165, 1.54) is 36.9 Å². The molecule has 4 nitrogen and oxygen atoms in total. The van der Waals surface area contributed by atoms with Crippen LogP contribution in [-0.4, -0.2) is 17.6 Å². The van der Waals surface area contributed by atoms with Crippen molar-refractivity contribution < 1.29 is 14.0 Å². The summed E-state index contributed by atoms with van der Waals surface area (Å²) in [6.45, 7) is 3.33. The lowest BCUT2D eigenvalue weighted by atomic mass is 10.2. The van der Waals surface area contributed by atoms with E-state index in [1.807, 2.05) is 31.2 Å². The minimum absolute atomic E-state index is 0.0478. The van der Waals surface area contributed by atoms with E-state index in [0.717, 1.165) is 10.5 Å². The summed E-state index contributed by atoms with van der Waals surface area (Å²) in [5.41, 5.74) is 1.57. The van der Waals surface area contributed by atoms with E-state index < -0.39 is 5.82 Å². The molecule has 0 unspecified atom stereocenters. The number of nitrogens with one attached hydrogen (secondary N) is 2. The average Bonchev–Trinajstić information content (AvgIpc) is 2.49. The SMILES string of the molecule is CC(=O)Nc1ccc(F)c(NC(=O)CSc2ccccc2C)c1. The third kappa shape index (κ3) is 5.10. The second-order valence-electron chi connectivity index (χ2n) is 4.98. The molecule has 0 aliphatic heterocycles. The van der Waals surface area contributed by atoms with E-state index in [9.17, 15) is 14.0 Å². The Balaban J connectivity index is 1.99. The van der Waals surface area contributed by atoms with E-state index in [-0.39, 0.29) is 23.3 Å². The van der Waals surface area contributed by atoms with E-state index in [0.29, 0.717) is 5.69 Å². The van der Waals surface area contributed by atoms with Crippen molar-refractivity contribution in [3.63, 3.8) is 0 Å². The highest BCUT2D eigenvalue weighted by molar-refractivity contribution is 8.00. The summed E-state index contributed by atoms with van der Waals surface area (Å²) >= 11 is 1.39. The second-order valence-corrected chi connectivity index (χ2v) is 6.00. The van der Waals surface area contributed by atoms with Crippen LogP contribution in [0.15, 0.2) is 47.4 Å². The Morgan fingerprint density at radius 2 is 1.87 bits per heavy atom. The van der Waals surface area contributed by atoms with Crippen LogP contribution in [-0.2, 0) is 9.59 Å². The van der Waals surface area contributed by atoms with Crippen LogP contribution in [0.4, 0.5) is 15.8 Å². The number of halogens is 1. The van der Waals surface area contributed by atoms with Gasteiger partial charge in [0, 0.05) is 17.5 Å². The largest absolute Gasteiger partial charge is 0.326 e. The molecule has 0 fully saturated rings. The third-order valence-corrected chi connectivity index (χ3v) is 4.19. The zero-order valence-electron chi connectivity index (χ0n) is 12.9. The molecule has 0 aliphatic carbocycles. The highest BCUT2D eigenvalue weighted by atomic mass is 32.2. The summed E-state index contributed by atoms with van der Waals surface area (Å²) in [7, 11) is 0. The van der Waals surface area contributed by atoms with Crippen LogP contribution in [0.5, 0.6) is 0 Å². The first-order chi connectivity index (χ1) is 11.0. The molecule has 0 aromatic heterocycles. The Kier molecular flexibility index (Phi) is 5.76. The maximum atomic E-state index is 13.8. The van der Waals surface area contributed by atoms with Crippen molar-refractivity contribution >= 4 is 35.0 Å². The maximum Gasteiger partial charge on any atom is 0.234 e. The molecule has 23 heavy (non-hydrogen) atoms. The first-order valence-electron chi connectivity index (χ1n) is 7.01. The van der Waals surface area contributed by atoms with E-state index in [1.54, 1.807) is 0 Å². The van der Waals surface area contributed by atoms with Crippen LogP contribution in [0.25, 0.3) is 0 Å². The molecule has 0 atom stereocenters. The number of aryl methyl sites for hydroxylation is 1. The molecule has 2 rings (SSSR count). The summed E-state index contributed by atoms with van der Waals surface area (Å²) < 4.78 is 13.8. The lowest BCUT2D eigenvalue weighted by Crippen LogP contribution is -2.15. The van der Waals surface area contributed by atoms with Gasteiger partial charge in [0.25, 0.3) is 0 Å². The van der Waals surface area contributed by atoms with Crippen LogP contribution < -0.4 is 10.6 Å². The van der Waals surface area contributed by atoms with Crippen LogP contribution >= 0.6 is 11.8 Å². The summed E-state index contributed by atoms with van der Waals surface area (Å²) in [4.78, 5) is 24.0. The van der Waals surface area contributed by atoms with Gasteiger partial charge in [0.15, 0.2) is 0 Å². The van der Waals surface area contributed by atoms with Gasteiger partial charge in [-0.3, -0.25) is 9.59 Å². The minimum atomic E-state index is -0.548. The van der Waals surface area contributed by atoms with Crippen molar-refractivity contribution in [3.05, 3.63) is 53.8 Å². The number of thioether (sulfide) groups is 1. The molecule has 2 amide bonds. The standard InChI is InChI=1S/C17H17FN2O2S/c1-11-5-3-4-6-16(11)23-10-17(22)20-15-9-13(19-12(2)21)7-8-14(15)18/h3-9H,10H2,1-2H3,(H,19,21)(H,20,22). The van der Waals surface area contributed by atoms with Gasteiger partial charge in [0.2, 0.25) is 11.8 Å². The maximum absolute atomic E-state index is 13.8. The fraction of sp³-hybridized carbons (Fsp3) is 0.176. The molecule has 0 saturated carbocycles. The molecule has 0 spiro atoms. The van der Waals surface area contributed by atoms with Gasteiger partial charge in [-0.05, 0) is 36.8 Å². The van der Waals surface area contributed by atoms with Gasteiger partial charge in [-0.2, -0.15) is 0 Å². The van der Waals surface area contributed by atoms with Gasteiger partial charge in [0.1, 0.15) is 5.82 Å². The van der Waals surface area contributed by atoms with Crippen LogP contribution in [0.2, 0.25) is 0 Å². The number of hydrogen-bond acceptors (Lipinski definition) is 3. The van der Waals surface area contributed by atoms with Gasteiger partial charge in [-0.1, -0.05) is 18.2 Å². The molecule has 2 aromatic carbocycles. The Morgan fingerprint density at radius 1 is 1.13 bits per heavy atom. The number of rotatable bonds is 5. The van der Waals surface area contributed by atoms with Gasteiger partial charge in [-0.25, -0.2) is 4.39 Å². The topological polar surface area (TPSA) is 58.2 Å². The number of benzene rings is 2. The van der Waals surface area contributed by atoms with Crippen molar-refractivity contribution in [1.82, 2.24) is 0 Å². The van der Waals surface area contributed by atoms with Crippen molar-refractivity contribution in [1.29, 1.82) is 0 Å². The quantitative estimate of drug-likeness (QED) is 0.818. The normalized spacial score (nSPS) is 10.2. The third-order valence-electron chi connectivity index (χ3n) is 3.01. The Morgan fingerprint density at radius 3 is 2.57 bits per heavy atom. The summed E-state index contributed by atoms with van der Waals surface area (Å²) in [6.07, 6.45) is 0. The Bertz CT molecular complexity index is 734. The van der Waals surface area contributed by atoms with Gasteiger partial charge in [0.05, 0.1) is 11.4 Å². The van der Waals surface area contributed by atoms with Gasteiger partial charge in [-0.15, -0.1) is 11.8 Å². The van der Waals surface area contributed by atoms with Gasteiger partial charge >= 0.3 is 0 Å². The van der Waals surface area contributed by atoms with Crippen molar-refractivity contribution in [2.75, 3.05) is 16.4 Å². The molecule has 0 saturated heterocycles. The smallest absolute Gasteiger partial charge is 0.234 e. The number of carbonyl (C=O) groups is 2. The minimum Gasteiger partial charge on any atom is -0.326 e. The number of hydrogen-bond donors (Lipinski definition) is 2. The zero-order valence-corrected chi connectivity index (χ0v) is 13.7. The monoisotopic (exact) mass is 332 g/mol. The number of amides is 2. The lowest BCUT2D eigenvalue weighted by Gasteiger charge is -2.09. The molecule has 0 radical (unpaired) electrons. The Labute approximate surface area is 138 Å². The fourth-order valence-electron chi connectivity index (χ4n) is 1.95. The number of carbonyl (C=O) groups excluding carboxylic acids is 2. The molecule has 2 aromatic rings. The van der Waals surface area contributed by atoms with E-state index in [4.69, 9.17) is 0 Å². The highest BCUT2D eigenvalue weighted by Gasteiger charge is 2.10. The average molecular weight is 332 g/mol. The summed E-state index contributed by atoms with van der Waals surface area (Å²) in [5.74, 6) is -0.941. The first-order valence-corrected chi connectivity index (χ1v) is 7.99. The molecular weight excluding hydrogens is 315 g/mol. The Hall–Kier alpha value is -2.34. The molecule has 120 valence electrons.